The molecule has 2 aromatic carbocycles. The van der Waals surface area contributed by atoms with Gasteiger partial charge in [0.1, 0.15) is 12.2 Å². The van der Waals surface area contributed by atoms with Gasteiger partial charge in [-0.05, 0) is 55.7 Å². The van der Waals surface area contributed by atoms with Gasteiger partial charge in [0.2, 0.25) is 0 Å². The molecule has 0 atom stereocenters. The van der Waals surface area contributed by atoms with Gasteiger partial charge in [0, 0.05) is 11.9 Å². The second kappa shape index (κ2) is 7.91. The van der Waals surface area contributed by atoms with E-state index >= 15 is 0 Å². The van der Waals surface area contributed by atoms with Crippen molar-refractivity contribution in [2.24, 2.45) is 0 Å². The standard InChI is InChI=1S/C22H22N2O3/c1-15-6-4-7-18(12-15)14-27-24-11-5-8-19(22(24)26)21(25)23-20-13-16(2)9-10-17(20)3/h4-13H,14H2,1-3H3,(H,23,25). The third-order valence-corrected chi connectivity index (χ3v) is 4.25. The largest absolute Gasteiger partial charge is 0.406 e. The number of pyridine rings is 1. The van der Waals surface area contributed by atoms with Crippen LogP contribution in [0.3, 0.4) is 0 Å². The monoisotopic (exact) mass is 362 g/mol. The van der Waals surface area contributed by atoms with E-state index in [1.165, 1.54) is 12.3 Å². The Morgan fingerprint density at radius 1 is 1.00 bits per heavy atom. The number of anilines is 1. The van der Waals surface area contributed by atoms with Crippen molar-refractivity contribution in [2.45, 2.75) is 27.4 Å². The van der Waals surface area contributed by atoms with Crippen LogP contribution in [0.2, 0.25) is 0 Å². The van der Waals surface area contributed by atoms with Crippen molar-refractivity contribution in [3.63, 3.8) is 0 Å². The van der Waals surface area contributed by atoms with Crippen LogP contribution in [0.1, 0.15) is 32.6 Å². The fourth-order valence-corrected chi connectivity index (χ4v) is 2.76. The van der Waals surface area contributed by atoms with Crippen LogP contribution >= 0.6 is 0 Å². The minimum absolute atomic E-state index is 0.0302. The van der Waals surface area contributed by atoms with Crippen molar-refractivity contribution in [1.29, 1.82) is 0 Å². The maximum Gasteiger partial charge on any atom is 0.295 e. The van der Waals surface area contributed by atoms with Crippen molar-refractivity contribution >= 4 is 11.6 Å². The highest BCUT2D eigenvalue weighted by molar-refractivity contribution is 6.04. The van der Waals surface area contributed by atoms with Crippen LogP contribution in [-0.2, 0) is 6.61 Å². The minimum atomic E-state index is -0.493. The van der Waals surface area contributed by atoms with Crippen LogP contribution in [0.15, 0.2) is 65.6 Å². The molecular formula is C22H22N2O3. The van der Waals surface area contributed by atoms with Crippen LogP contribution in [0.4, 0.5) is 5.69 Å². The van der Waals surface area contributed by atoms with Gasteiger partial charge >= 0.3 is 0 Å². The topological polar surface area (TPSA) is 60.3 Å². The number of carbonyl (C=O) groups excluding carboxylic acids is 1. The highest BCUT2D eigenvalue weighted by Gasteiger charge is 2.14. The summed E-state index contributed by atoms with van der Waals surface area (Å²) in [7, 11) is 0. The van der Waals surface area contributed by atoms with E-state index < -0.39 is 11.5 Å². The Labute approximate surface area is 158 Å². The lowest BCUT2D eigenvalue weighted by Gasteiger charge is -2.12. The van der Waals surface area contributed by atoms with E-state index in [0.717, 1.165) is 27.0 Å². The van der Waals surface area contributed by atoms with E-state index in [9.17, 15) is 9.59 Å². The van der Waals surface area contributed by atoms with E-state index in [4.69, 9.17) is 4.84 Å². The summed E-state index contributed by atoms with van der Waals surface area (Å²) in [6.45, 7) is 6.09. The van der Waals surface area contributed by atoms with Gasteiger partial charge < -0.3 is 10.2 Å². The molecule has 3 aromatic rings. The van der Waals surface area contributed by atoms with Gasteiger partial charge in [-0.1, -0.05) is 42.0 Å². The van der Waals surface area contributed by atoms with Crippen LogP contribution in [0, 0.1) is 20.8 Å². The van der Waals surface area contributed by atoms with Gasteiger partial charge in [-0.2, -0.15) is 4.73 Å². The lowest BCUT2D eigenvalue weighted by molar-refractivity contribution is 0.0863. The van der Waals surface area contributed by atoms with E-state index in [0.29, 0.717) is 5.69 Å². The zero-order valence-corrected chi connectivity index (χ0v) is 15.7. The molecule has 5 nitrogen and oxygen atoms in total. The summed E-state index contributed by atoms with van der Waals surface area (Å²) in [6, 6.07) is 16.7. The molecule has 1 heterocycles. The van der Waals surface area contributed by atoms with Gasteiger partial charge in [-0.15, -0.1) is 0 Å². The summed E-state index contributed by atoms with van der Waals surface area (Å²) >= 11 is 0. The molecule has 0 aliphatic carbocycles. The van der Waals surface area contributed by atoms with Crippen LogP contribution in [0.5, 0.6) is 0 Å². The summed E-state index contributed by atoms with van der Waals surface area (Å²) in [6.07, 6.45) is 1.51. The quantitative estimate of drug-likeness (QED) is 0.754. The van der Waals surface area contributed by atoms with Gasteiger partial charge in [-0.3, -0.25) is 9.59 Å². The molecule has 0 saturated heterocycles. The third-order valence-electron chi connectivity index (χ3n) is 4.25. The maximum absolute atomic E-state index is 12.6. The van der Waals surface area contributed by atoms with Gasteiger partial charge in [0.15, 0.2) is 0 Å². The Hall–Kier alpha value is -3.34. The minimum Gasteiger partial charge on any atom is -0.406 e. The zero-order valence-electron chi connectivity index (χ0n) is 15.7. The molecule has 0 saturated carbocycles. The maximum atomic E-state index is 12.6. The molecule has 5 heteroatoms. The molecule has 0 fully saturated rings. The molecule has 27 heavy (non-hydrogen) atoms. The number of aryl methyl sites for hydroxylation is 3. The Bertz CT molecular complexity index is 1040. The molecule has 1 aromatic heterocycles. The highest BCUT2D eigenvalue weighted by Crippen LogP contribution is 2.17. The molecule has 1 N–H and O–H groups in total. The normalized spacial score (nSPS) is 10.5. The van der Waals surface area contributed by atoms with Crippen LogP contribution in [-0.4, -0.2) is 10.6 Å². The fourth-order valence-electron chi connectivity index (χ4n) is 2.76. The van der Waals surface area contributed by atoms with E-state index in [-0.39, 0.29) is 12.2 Å². The number of nitrogens with zero attached hydrogens (tertiary/aromatic N) is 1. The molecule has 0 radical (unpaired) electrons. The lowest BCUT2D eigenvalue weighted by Crippen LogP contribution is -2.32. The predicted octanol–water partition coefficient (Wildman–Crippen LogP) is 3.65. The van der Waals surface area contributed by atoms with Crippen LogP contribution in [0.25, 0.3) is 0 Å². The Kier molecular flexibility index (Phi) is 5.41. The summed E-state index contributed by atoms with van der Waals surface area (Å²) in [4.78, 5) is 30.8. The fraction of sp³-hybridized carbons (Fsp3) is 0.182. The van der Waals surface area contributed by atoms with Crippen molar-refractivity contribution in [3.8, 4) is 0 Å². The number of benzene rings is 2. The zero-order chi connectivity index (χ0) is 19.4. The molecule has 0 unspecified atom stereocenters. The van der Waals surface area contributed by atoms with Crippen molar-refractivity contribution in [3.05, 3.63) is 99.0 Å². The number of carbonyl (C=O) groups is 1. The Morgan fingerprint density at radius 3 is 2.56 bits per heavy atom. The van der Waals surface area contributed by atoms with Crippen molar-refractivity contribution in [1.82, 2.24) is 4.73 Å². The van der Waals surface area contributed by atoms with Gasteiger partial charge in [0.05, 0.1) is 0 Å². The van der Waals surface area contributed by atoms with Crippen molar-refractivity contribution < 1.29 is 9.63 Å². The molecule has 0 aliphatic rings. The van der Waals surface area contributed by atoms with E-state index in [1.807, 2.05) is 63.2 Å². The predicted molar refractivity (Wildman–Crippen MR) is 106 cm³/mol. The summed E-state index contributed by atoms with van der Waals surface area (Å²) in [5.41, 5.74) is 4.26. The van der Waals surface area contributed by atoms with Gasteiger partial charge in [0.25, 0.3) is 11.5 Å². The number of hydrogen-bond donors (Lipinski definition) is 1. The molecule has 1 amide bonds. The van der Waals surface area contributed by atoms with Crippen LogP contribution < -0.4 is 15.7 Å². The van der Waals surface area contributed by atoms with E-state index in [2.05, 4.69) is 5.32 Å². The Morgan fingerprint density at radius 2 is 1.78 bits per heavy atom. The highest BCUT2D eigenvalue weighted by atomic mass is 16.7. The molecule has 0 spiro atoms. The number of rotatable bonds is 5. The number of nitrogens with one attached hydrogen (secondary N) is 1. The number of aromatic nitrogens is 1. The first-order chi connectivity index (χ1) is 12.9. The number of amides is 1. The van der Waals surface area contributed by atoms with Crippen molar-refractivity contribution in [2.75, 3.05) is 5.32 Å². The van der Waals surface area contributed by atoms with E-state index in [1.54, 1.807) is 6.07 Å². The molecular weight excluding hydrogens is 340 g/mol. The molecule has 0 bridgehead atoms. The molecule has 3 rings (SSSR count). The average molecular weight is 362 g/mol. The smallest absolute Gasteiger partial charge is 0.295 e. The molecule has 0 aliphatic heterocycles. The first kappa shape index (κ1) is 18.5. The molecule has 138 valence electrons. The third kappa shape index (κ3) is 4.44. The second-order valence-corrected chi connectivity index (χ2v) is 6.59. The second-order valence-electron chi connectivity index (χ2n) is 6.59. The SMILES string of the molecule is Cc1cccc(COn2cccc(C(=O)Nc3cc(C)ccc3C)c2=O)c1. The first-order valence-electron chi connectivity index (χ1n) is 8.73. The summed E-state index contributed by atoms with van der Waals surface area (Å²) < 4.78 is 1.10. The average Bonchev–Trinajstić information content (AvgIpc) is 2.64. The summed E-state index contributed by atoms with van der Waals surface area (Å²) in [5.74, 6) is -0.456. The lowest BCUT2D eigenvalue weighted by atomic mass is 10.1. The number of hydrogen-bond acceptors (Lipinski definition) is 3. The Balaban J connectivity index is 1.78. The first-order valence-corrected chi connectivity index (χ1v) is 8.73. The summed E-state index contributed by atoms with van der Waals surface area (Å²) in [5, 5.41) is 2.81. The van der Waals surface area contributed by atoms with Gasteiger partial charge in [-0.25, -0.2) is 0 Å².